The van der Waals surface area contributed by atoms with Crippen molar-refractivity contribution in [2.24, 2.45) is 5.92 Å². The van der Waals surface area contributed by atoms with Gasteiger partial charge in [0, 0.05) is 19.6 Å². The first kappa shape index (κ1) is 23.6. The maximum atomic E-state index is 13.8. The van der Waals surface area contributed by atoms with Crippen LogP contribution in [-0.2, 0) is 24.1 Å². The number of halogens is 3. The molecule has 178 valence electrons. The third-order valence-corrected chi connectivity index (χ3v) is 6.89. The Morgan fingerprint density at radius 3 is 2.45 bits per heavy atom. The number of aliphatic carboxylic acids is 1. The molecule has 1 saturated heterocycles. The molecule has 0 amide bonds. The van der Waals surface area contributed by atoms with Gasteiger partial charge in [0.25, 0.3) is 0 Å². The Morgan fingerprint density at radius 2 is 1.82 bits per heavy atom. The largest absolute Gasteiger partial charge is 0.489 e. The summed E-state index contributed by atoms with van der Waals surface area (Å²) in [5.74, 6) is -0.847. The van der Waals surface area contributed by atoms with E-state index in [4.69, 9.17) is 9.84 Å². The summed E-state index contributed by atoms with van der Waals surface area (Å²) in [5.41, 5.74) is 2.86. The van der Waals surface area contributed by atoms with Gasteiger partial charge in [0.05, 0.1) is 11.5 Å². The molecule has 0 radical (unpaired) electrons. The topological polar surface area (TPSA) is 49.8 Å². The minimum absolute atomic E-state index is 0.0307. The standard InChI is InChI=1S/C26H30F3NO3/c1-17-11-18(7-8-20(17)13-30-14-21(15-30)25(31)32)16-33-22-9-10-23(19-5-3-2-4-6-19)24(12-22)26(27,28)29/h7-12,19,21H,2-6,13-16H2,1H3,(H,31,32). The number of rotatable bonds is 7. The molecule has 1 saturated carbocycles. The van der Waals surface area contributed by atoms with Crippen LogP contribution in [0.3, 0.4) is 0 Å². The highest BCUT2D eigenvalue weighted by atomic mass is 19.4. The van der Waals surface area contributed by atoms with Crippen molar-refractivity contribution in [2.75, 3.05) is 13.1 Å². The minimum atomic E-state index is -4.40. The van der Waals surface area contributed by atoms with E-state index in [1.54, 1.807) is 12.1 Å². The summed E-state index contributed by atoms with van der Waals surface area (Å²) in [5, 5.41) is 9.00. The van der Waals surface area contributed by atoms with Crippen molar-refractivity contribution in [1.29, 1.82) is 0 Å². The van der Waals surface area contributed by atoms with Gasteiger partial charge in [-0.2, -0.15) is 13.2 Å². The zero-order valence-corrected chi connectivity index (χ0v) is 18.8. The fourth-order valence-electron chi connectivity index (χ4n) is 4.93. The molecule has 1 N–H and O–H groups in total. The van der Waals surface area contributed by atoms with Gasteiger partial charge in [0.2, 0.25) is 0 Å². The number of likely N-dealkylation sites (tertiary alicyclic amines) is 1. The van der Waals surface area contributed by atoms with Crippen LogP contribution in [0.15, 0.2) is 36.4 Å². The molecular weight excluding hydrogens is 431 g/mol. The first-order valence-electron chi connectivity index (χ1n) is 11.6. The lowest BCUT2D eigenvalue weighted by atomic mass is 9.82. The number of hydrogen-bond acceptors (Lipinski definition) is 3. The molecule has 0 aromatic heterocycles. The maximum Gasteiger partial charge on any atom is 0.416 e. The Morgan fingerprint density at radius 1 is 1.09 bits per heavy atom. The van der Waals surface area contributed by atoms with Gasteiger partial charge < -0.3 is 9.84 Å². The van der Waals surface area contributed by atoms with Crippen LogP contribution in [0.5, 0.6) is 5.75 Å². The molecule has 2 aromatic rings. The maximum absolute atomic E-state index is 13.8. The first-order valence-corrected chi connectivity index (χ1v) is 11.6. The van der Waals surface area contributed by atoms with Crippen LogP contribution >= 0.6 is 0 Å². The van der Waals surface area contributed by atoms with Crippen LogP contribution in [0.4, 0.5) is 13.2 Å². The van der Waals surface area contributed by atoms with E-state index in [-0.39, 0.29) is 24.2 Å². The molecule has 33 heavy (non-hydrogen) atoms. The third-order valence-electron chi connectivity index (χ3n) is 6.89. The lowest BCUT2D eigenvalue weighted by Crippen LogP contribution is -2.49. The number of carboxylic acid groups (broad SMARTS) is 1. The van der Waals surface area contributed by atoms with Crippen LogP contribution in [0, 0.1) is 12.8 Å². The highest BCUT2D eigenvalue weighted by Crippen LogP contribution is 2.42. The molecule has 2 aromatic carbocycles. The van der Waals surface area contributed by atoms with E-state index in [9.17, 15) is 18.0 Å². The Labute approximate surface area is 192 Å². The van der Waals surface area contributed by atoms with E-state index in [2.05, 4.69) is 4.90 Å². The number of benzene rings is 2. The number of alkyl halides is 3. The Kier molecular flexibility index (Phi) is 6.98. The molecule has 0 unspecified atom stereocenters. The van der Waals surface area contributed by atoms with Gasteiger partial charge in [-0.15, -0.1) is 0 Å². The number of ether oxygens (including phenoxy) is 1. The van der Waals surface area contributed by atoms with Gasteiger partial charge in [-0.25, -0.2) is 0 Å². The number of nitrogens with zero attached hydrogens (tertiary/aromatic N) is 1. The molecular formula is C26H30F3NO3. The Balaban J connectivity index is 1.40. The van der Waals surface area contributed by atoms with Crippen molar-refractivity contribution < 1.29 is 27.8 Å². The molecule has 4 rings (SSSR count). The predicted octanol–water partition coefficient (Wildman–Crippen LogP) is 6.16. The van der Waals surface area contributed by atoms with Crippen molar-refractivity contribution in [2.45, 2.75) is 64.3 Å². The molecule has 0 atom stereocenters. The van der Waals surface area contributed by atoms with E-state index in [0.717, 1.165) is 54.9 Å². The number of hydrogen-bond donors (Lipinski definition) is 1. The molecule has 1 aliphatic carbocycles. The van der Waals surface area contributed by atoms with Gasteiger partial charge in [0.15, 0.2) is 0 Å². The Bertz CT molecular complexity index is 993. The molecule has 0 bridgehead atoms. The summed E-state index contributed by atoms with van der Waals surface area (Å²) < 4.78 is 47.0. The van der Waals surface area contributed by atoms with Crippen LogP contribution < -0.4 is 4.74 Å². The predicted molar refractivity (Wildman–Crippen MR) is 119 cm³/mol. The van der Waals surface area contributed by atoms with Gasteiger partial charge in [-0.3, -0.25) is 9.69 Å². The highest BCUT2D eigenvalue weighted by molar-refractivity contribution is 5.71. The molecule has 0 spiro atoms. The fourth-order valence-corrected chi connectivity index (χ4v) is 4.93. The van der Waals surface area contributed by atoms with E-state index in [1.807, 2.05) is 25.1 Å². The lowest BCUT2D eigenvalue weighted by molar-refractivity contribution is -0.147. The number of aryl methyl sites for hydroxylation is 1. The zero-order valence-electron chi connectivity index (χ0n) is 18.8. The van der Waals surface area contributed by atoms with Crippen LogP contribution in [0.2, 0.25) is 0 Å². The highest BCUT2D eigenvalue weighted by Gasteiger charge is 2.36. The van der Waals surface area contributed by atoms with E-state index in [1.165, 1.54) is 0 Å². The molecule has 7 heteroatoms. The summed E-state index contributed by atoms with van der Waals surface area (Å²) in [6.45, 7) is 3.96. The smallest absolute Gasteiger partial charge is 0.416 e. The summed E-state index contributed by atoms with van der Waals surface area (Å²) in [7, 11) is 0. The molecule has 4 nitrogen and oxygen atoms in total. The van der Waals surface area contributed by atoms with Gasteiger partial charge in [0.1, 0.15) is 12.4 Å². The van der Waals surface area contributed by atoms with Crippen molar-refractivity contribution in [3.8, 4) is 5.75 Å². The molecule has 2 aliphatic rings. The number of carboxylic acids is 1. The molecule has 1 aliphatic heterocycles. The molecule has 1 heterocycles. The monoisotopic (exact) mass is 461 g/mol. The van der Waals surface area contributed by atoms with Crippen molar-refractivity contribution in [3.63, 3.8) is 0 Å². The zero-order chi connectivity index (χ0) is 23.6. The molecule has 2 fully saturated rings. The second kappa shape index (κ2) is 9.75. The SMILES string of the molecule is Cc1cc(COc2ccc(C3CCCCC3)c(C(F)(F)F)c2)ccc1CN1CC(C(=O)O)C1. The number of carbonyl (C=O) groups is 1. The second-order valence-corrected chi connectivity index (χ2v) is 9.36. The van der Waals surface area contributed by atoms with Crippen LogP contribution in [-0.4, -0.2) is 29.1 Å². The van der Waals surface area contributed by atoms with Gasteiger partial charge >= 0.3 is 12.1 Å². The minimum Gasteiger partial charge on any atom is -0.489 e. The van der Waals surface area contributed by atoms with E-state index in [0.29, 0.717) is 25.2 Å². The summed E-state index contributed by atoms with van der Waals surface area (Å²) in [6.07, 6.45) is 0.270. The average molecular weight is 462 g/mol. The van der Waals surface area contributed by atoms with Crippen LogP contribution in [0.25, 0.3) is 0 Å². The lowest BCUT2D eigenvalue weighted by Gasteiger charge is -2.36. The Hall–Kier alpha value is -2.54. The van der Waals surface area contributed by atoms with E-state index < -0.39 is 17.7 Å². The van der Waals surface area contributed by atoms with Crippen molar-refractivity contribution in [3.05, 3.63) is 64.2 Å². The van der Waals surface area contributed by atoms with Crippen molar-refractivity contribution >= 4 is 5.97 Å². The van der Waals surface area contributed by atoms with Crippen LogP contribution in [0.1, 0.15) is 65.8 Å². The summed E-state index contributed by atoms with van der Waals surface area (Å²) >= 11 is 0. The van der Waals surface area contributed by atoms with Gasteiger partial charge in [-0.1, -0.05) is 43.5 Å². The van der Waals surface area contributed by atoms with E-state index >= 15 is 0 Å². The third kappa shape index (κ3) is 5.69. The normalized spacial score (nSPS) is 18.2. The second-order valence-electron chi connectivity index (χ2n) is 9.36. The summed E-state index contributed by atoms with van der Waals surface area (Å²) in [4.78, 5) is 13.0. The average Bonchev–Trinajstić information content (AvgIpc) is 2.75. The fraction of sp³-hybridized carbons (Fsp3) is 0.500. The quantitative estimate of drug-likeness (QED) is 0.537. The first-order chi connectivity index (χ1) is 15.7. The van der Waals surface area contributed by atoms with Crippen molar-refractivity contribution in [1.82, 2.24) is 4.90 Å². The summed E-state index contributed by atoms with van der Waals surface area (Å²) in [6, 6.07) is 10.3. The van der Waals surface area contributed by atoms with Gasteiger partial charge in [-0.05, 0) is 60.1 Å².